The van der Waals surface area contributed by atoms with Gasteiger partial charge >= 0.3 is 0 Å². The van der Waals surface area contributed by atoms with Gasteiger partial charge in [0, 0.05) is 72.8 Å². The Balaban J connectivity index is 1.19. The molecule has 1 fully saturated rings. The van der Waals surface area contributed by atoms with Crippen LogP contribution in [0.25, 0.3) is 10.9 Å². The van der Waals surface area contributed by atoms with Crippen LogP contribution in [0.2, 0.25) is 0 Å². The summed E-state index contributed by atoms with van der Waals surface area (Å²) in [6.45, 7) is 6.42. The van der Waals surface area contributed by atoms with Gasteiger partial charge < -0.3 is 88.8 Å². The molecule has 0 radical (unpaired) electrons. The number of thioether (sulfide) groups is 1. The van der Waals surface area contributed by atoms with Crippen LogP contribution in [0.15, 0.2) is 59.6 Å². The molecule has 1 saturated heterocycles. The van der Waals surface area contributed by atoms with Crippen molar-refractivity contribution in [3.8, 4) is 5.75 Å². The van der Waals surface area contributed by atoms with Crippen LogP contribution in [0.3, 0.4) is 0 Å². The van der Waals surface area contributed by atoms with Gasteiger partial charge in [-0.15, -0.1) is 11.8 Å². The lowest BCUT2D eigenvalue weighted by Gasteiger charge is -2.32. The summed E-state index contributed by atoms with van der Waals surface area (Å²) in [6.07, 6.45) is -2.41. The number of aliphatic hydroxyl groups excluding tert-OH is 3. The van der Waals surface area contributed by atoms with Crippen molar-refractivity contribution in [2.24, 2.45) is 23.5 Å². The van der Waals surface area contributed by atoms with Crippen LogP contribution in [0.1, 0.15) is 78.4 Å². The quantitative estimate of drug-likeness (QED) is 0.0507. The molecule has 0 saturated carbocycles. The van der Waals surface area contributed by atoms with Crippen molar-refractivity contribution in [1.82, 2.24) is 62.6 Å². The largest absolute Gasteiger partial charge is 0.489 e. The standard InChI is InChI=1S/C61H80N14O18S/c1-7-29(4)51-57(89)64-22-46(81)67-41-27-94-60-37(20-39(54(86)63-23-47(82)72-51)68-59(91)52(30(5)43(78)25-76)73-56(88)42-18-34(77)24-75(42)61(92)40(21-44(62)79)69-55(41)87)36-19-35(12-13-38(36)70-60)93-26-32-8-10-33(11-9-32)66-53(85)31(6)65-58(90)50(28(2)3)71-45(80)16-17-74-48(83)14-15-49(74)84/h8-15,19,28-31,34,39-43,50-52,70,76-78H,7,16-18,20-27H2,1-6H3,(H2,62,79)(H,63,86)(H,64,89)(H,65,90)(H,66,85)(H,67,81)(H,68,91)(H,69,87)(H,71,80)(H,72,82)(H,73,88)/t29-,30-,31-,34?,39?,40-,41?,42-,43-,50+,51-,52-/m0/s1. The molecule has 2 aromatic carbocycles. The van der Waals surface area contributed by atoms with Gasteiger partial charge in [0.15, 0.2) is 0 Å². The smallest absolute Gasteiger partial charge is 0.253 e. The van der Waals surface area contributed by atoms with Crippen molar-refractivity contribution in [3.05, 3.63) is 65.7 Å². The van der Waals surface area contributed by atoms with Crippen LogP contribution in [-0.4, -0.2) is 212 Å². The highest BCUT2D eigenvalue weighted by atomic mass is 32.2. The first-order valence-electron chi connectivity index (χ1n) is 30.6. The number of hydrogen-bond acceptors (Lipinski definition) is 19. The zero-order valence-electron chi connectivity index (χ0n) is 52.5. The maximum Gasteiger partial charge on any atom is 0.253 e. The molecular formula is C61H80N14O18S. The summed E-state index contributed by atoms with van der Waals surface area (Å²) in [5.41, 5.74) is 7.25. The molecule has 4 aliphatic rings. The van der Waals surface area contributed by atoms with E-state index in [1.165, 1.54) is 13.8 Å². The first kappa shape index (κ1) is 72.0. The predicted octanol–water partition coefficient (Wildman–Crippen LogP) is -4.16. The minimum Gasteiger partial charge on any atom is -0.489 e. The Kier molecular flexibility index (Phi) is 24.8. The Morgan fingerprint density at radius 1 is 0.766 bits per heavy atom. The number of aliphatic hydroxyl groups is 3. The number of amides is 14. The van der Waals surface area contributed by atoms with E-state index in [-0.39, 0.29) is 41.7 Å². The van der Waals surface area contributed by atoms with E-state index in [0.717, 1.165) is 33.7 Å². The summed E-state index contributed by atoms with van der Waals surface area (Å²) in [5.74, 6) is -14.2. The number of rotatable bonds is 19. The van der Waals surface area contributed by atoms with E-state index in [0.29, 0.717) is 28.6 Å². The molecule has 7 rings (SSSR count). The molecule has 1 aromatic heterocycles. The second-order valence-corrected chi connectivity index (χ2v) is 24.9. The summed E-state index contributed by atoms with van der Waals surface area (Å²) in [7, 11) is 0. The van der Waals surface area contributed by atoms with Crippen molar-refractivity contribution in [2.45, 2.75) is 146 Å². The fourth-order valence-electron chi connectivity index (χ4n) is 10.8. The number of carbonyl (C=O) groups excluding carboxylic acids is 14. The normalized spacial score (nSPS) is 23.6. The van der Waals surface area contributed by atoms with Crippen LogP contribution in [0.5, 0.6) is 5.75 Å². The average Bonchev–Trinajstić information content (AvgIpc) is 1.63. The molecule has 94 heavy (non-hydrogen) atoms. The van der Waals surface area contributed by atoms with Crippen LogP contribution < -0.4 is 63.6 Å². The molecule has 32 nitrogen and oxygen atoms in total. The van der Waals surface area contributed by atoms with Gasteiger partial charge in [-0.1, -0.05) is 53.2 Å². The average molecular weight is 1330 g/mol. The van der Waals surface area contributed by atoms with Crippen molar-refractivity contribution < 1.29 is 87.2 Å². The molecule has 14 amide bonds. The van der Waals surface area contributed by atoms with E-state index in [1.807, 2.05) is 0 Å². The summed E-state index contributed by atoms with van der Waals surface area (Å²) in [5, 5.41) is 58.3. The highest BCUT2D eigenvalue weighted by Crippen LogP contribution is 2.35. The number of nitrogens with zero attached hydrogens (tertiary/aromatic N) is 2. The number of aromatic nitrogens is 1. The molecule has 2 bridgehead atoms. The molecule has 16 N–H and O–H groups in total. The Hall–Kier alpha value is -9.47. The SMILES string of the molecule is CC[C@H](C)[C@@H]1NC(=O)CNC(=O)C2Cc3c([nH]c4ccc(OCc5ccc(NC(=O)[C@H](C)NC(=O)[C@H](NC(=O)CCN6C(=O)C=CC6=O)C(C)C)cc5)cc34)SCC(NC(=O)CNC1=O)C(=O)N[C@@H](CC(N)=O)C(=O)N1CC(O)C[C@H]1C(=O)N[C@@H]([C@@H](C)[C@@H](O)CO)C(=O)N2. The van der Waals surface area contributed by atoms with E-state index in [9.17, 15) is 82.4 Å². The van der Waals surface area contributed by atoms with Crippen LogP contribution in [0.4, 0.5) is 5.69 Å². The molecule has 3 unspecified atom stereocenters. The number of H-pyrrole nitrogens is 1. The Labute approximate surface area is 543 Å². The Bertz CT molecular complexity index is 3430. The van der Waals surface area contributed by atoms with Gasteiger partial charge in [0.2, 0.25) is 70.9 Å². The van der Waals surface area contributed by atoms with Crippen LogP contribution in [0, 0.1) is 17.8 Å². The van der Waals surface area contributed by atoms with Crippen molar-refractivity contribution >= 4 is 111 Å². The number of primary amides is 1. The highest BCUT2D eigenvalue weighted by Gasteiger charge is 2.45. The lowest BCUT2D eigenvalue weighted by molar-refractivity contribution is -0.144. The molecule has 33 heteroatoms. The van der Waals surface area contributed by atoms with E-state index >= 15 is 0 Å². The molecule has 4 aliphatic heterocycles. The fraction of sp³-hybridized carbons (Fsp3) is 0.508. The second-order valence-electron chi connectivity index (χ2n) is 23.8. The van der Waals surface area contributed by atoms with Crippen molar-refractivity contribution in [3.63, 3.8) is 0 Å². The zero-order chi connectivity index (χ0) is 68.8. The van der Waals surface area contributed by atoms with E-state index < -0.39 is 207 Å². The molecule has 5 heterocycles. The summed E-state index contributed by atoms with van der Waals surface area (Å²) >= 11 is 0.934. The summed E-state index contributed by atoms with van der Waals surface area (Å²) < 4.78 is 6.27. The number of fused-ring (bicyclic) bond motifs is 5. The second kappa shape index (κ2) is 32.4. The molecule has 508 valence electrons. The monoisotopic (exact) mass is 1330 g/mol. The number of nitrogens with one attached hydrogen (secondary N) is 11. The molecule has 0 spiro atoms. The molecular weight excluding hydrogens is 1250 g/mol. The molecule has 12 atom stereocenters. The third kappa shape index (κ3) is 18.6. The van der Waals surface area contributed by atoms with Gasteiger partial charge in [0.1, 0.15) is 60.7 Å². The number of carbonyl (C=O) groups is 14. The van der Waals surface area contributed by atoms with Gasteiger partial charge in [-0.3, -0.25) is 72.0 Å². The molecule has 3 aromatic rings. The lowest BCUT2D eigenvalue weighted by Crippen LogP contribution is -2.62. The lowest BCUT2D eigenvalue weighted by atomic mass is 9.93. The van der Waals surface area contributed by atoms with Crippen molar-refractivity contribution in [2.75, 3.05) is 43.9 Å². The zero-order valence-corrected chi connectivity index (χ0v) is 53.3. The predicted molar refractivity (Wildman–Crippen MR) is 334 cm³/mol. The minimum atomic E-state index is -1.81. The van der Waals surface area contributed by atoms with Crippen LogP contribution >= 0.6 is 11.8 Å². The van der Waals surface area contributed by atoms with E-state index in [1.54, 1.807) is 70.2 Å². The number of imide groups is 1. The van der Waals surface area contributed by atoms with Crippen molar-refractivity contribution in [1.29, 1.82) is 0 Å². The van der Waals surface area contributed by atoms with Crippen LogP contribution in [-0.2, 0) is 80.2 Å². The maximum absolute atomic E-state index is 14.9. The van der Waals surface area contributed by atoms with Gasteiger partial charge in [-0.25, -0.2) is 0 Å². The topological polar surface area (TPSA) is 477 Å². The Morgan fingerprint density at radius 2 is 1.44 bits per heavy atom. The van der Waals surface area contributed by atoms with Gasteiger partial charge in [-0.2, -0.15) is 0 Å². The Morgan fingerprint density at radius 3 is 2.09 bits per heavy atom. The number of aromatic amines is 1. The first-order valence-corrected chi connectivity index (χ1v) is 31.6. The highest BCUT2D eigenvalue weighted by molar-refractivity contribution is 7.99. The summed E-state index contributed by atoms with van der Waals surface area (Å²) in [6, 6.07) is -0.491. The van der Waals surface area contributed by atoms with Gasteiger partial charge in [0.25, 0.3) is 11.8 Å². The van der Waals surface area contributed by atoms with E-state index in [4.69, 9.17) is 10.5 Å². The number of anilines is 1. The van der Waals surface area contributed by atoms with E-state index in [2.05, 4.69) is 58.2 Å². The first-order chi connectivity index (χ1) is 44.5. The minimum absolute atomic E-state index is 0.0583. The number of benzene rings is 2. The third-order valence-electron chi connectivity index (χ3n) is 16.5. The summed E-state index contributed by atoms with van der Waals surface area (Å²) in [4.78, 5) is 195. The van der Waals surface area contributed by atoms with Gasteiger partial charge in [0.05, 0.1) is 43.4 Å². The van der Waals surface area contributed by atoms with Gasteiger partial charge in [-0.05, 0) is 60.2 Å². The maximum atomic E-state index is 14.9. The molecule has 0 aliphatic carbocycles. The fourth-order valence-corrected chi connectivity index (χ4v) is 11.9. The number of nitrogens with two attached hydrogens (primary N) is 1. The number of ether oxygens (including phenoxy) is 1. The number of hydrogen-bond donors (Lipinski definition) is 15. The third-order valence-corrected chi connectivity index (χ3v) is 17.6.